The molecule has 0 radical (unpaired) electrons. The minimum absolute atomic E-state index is 0.0715. The monoisotopic (exact) mass is 236 g/mol. The Labute approximate surface area is 105 Å². The average molecular weight is 236 g/mol. The lowest BCUT2D eigenvalue weighted by Gasteiger charge is -2.27. The number of hydrogen-bond donors (Lipinski definition) is 1. The molecular formula is C14H24N2O. The van der Waals surface area contributed by atoms with Crippen LogP contribution in [0.25, 0.3) is 0 Å². The summed E-state index contributed by atoms with van der Waals surface area (Å²) in [7, 11) is 1.76. The smallest absolute Gasteiger partial charge is 0.0637 e. The molecule has 0 saturated carbocycles. The van der Waals surface area contributed by atoms with Crippen molar-refractivity contribution in [3.63, 3.8) is 0 Å². The number of rotatable bonds is 6. The van der Waals surface area contributed by atoms with Gasteiger partial charge in [-0.2, -0.15) is 0 Å². The Morgan fingerprint density at radius 3 is 2.65 bits per heavy atom. The highest BCUT2D eigenvalue weighted by Gasteiger charge is 2.19. The lowest BCUT2D eigenvalue weighted by atomic mass is 10.00. The van der Waals surface area contributed by atoms with E-state index in [1.165, 1.54) is 5.56 Å². The first-order valence-electron chi connectivity index (χ1n) is 6.13. The van der Waals surface area contributed by atoms with Crippen molar-refractivity contribution >= 4 is 0 Å². The summed E-state index contributed by atoms with van der Waals surface area (Å²) in [6, 6.07) is 4.58. The van der Waals surface area contributed by atoms with Crippen LogP contribution in [0.3, 0.4) is 0 Å². The van der Waals surface area contributed by atoms with Gasteiger partial charge in [0, 0.05) is 31.6 Å². The van der Waals surface area contributed by atoms with Crippen molar-refractivity contribution in [3.8, 4) is 0 Å². The van der Waals surface area contributed by atoms with Crippen LogP contribution in [0.15, 0.2) is 18.3 Å². The second-order valence-corrected chi connectivity index (χ2v) is 5.26. The number of nitrogens with zero attached hydrogens (tertiary/aromatic N) is 1. The van der Waals surface area contributed by atoms with E-state index in [1.807, 2.05) is 19.2 Å². The molecule has 1 heterocycles. The molecule has 3 nitrogen and oxygen atoms in total. The molecule has 3 heteroatoms. The van der Waals surface area contributed by atoms with E-state index in [9.17, 15) is 0 Å². The van der Waals surface area contributed by atoms with Crippen molar-refractivity contribution < 1.29 is 4.74 Å². The summed E-state index contributed by atoms with van der Waals surface area (Å²) in [4.78, 5) is 4.28. The van der Waals surface area contributed by atoms with Crippen LogP contribution in [0.4, 0.5) is 0 Å². The molecule has 96 valence electrons. The second-order valence-electron chi connectivity index (χ2n) is 5.26. The minimum Gasteiger partial charge on any atom is -0.379 e. The number of methoxy groups -OCH3 is 1. The predicted molar refractivity (Wildman–Crippen MR) is 71.0 cm³/mol. The fourth-order valence-electron chi connectivity index (χ4n) is 1.79. The van der Waals surface area contributed by atoms with Crippen LogP contribution in [0, 0.1) is 6.92 Å². The summed E-state index contributed by atoms with van der Waals surface area (Å²) in [6.07, 6.45) is 2.92. The molecule has 17 heavy (non-hydrogen) atoms. The van der Waals surface area contributed by atoms with E-state index in [0.29, 0.717) is 6.04 Å². The van der Waals surface area contributed by atoms with Crippen LogP contribution in [0.1, 0.15) is 38.4 Å². The summed E-state index contributed by atoms with van der Waals surface area (Å²) in [5.74, 6) is 0. The van der Waals surface area contributed by atoms with E-state index in [2.05, 4.69) is 37.1 Å². The van der Waals surface area contributed by atoms with Crippen molar-refractivity contribution in [2.45, 2.75) is 52.3 Å². The van der Waals surface area contributed by atoms with Crippen LogP contribution < -0.4 is 5.32 Å². The number of ether oxygens (including phenoxy) is 1. The summed E-state index contributed by atoms with van der Waals surface area (Å²) in [5, 5.41) is 3.49. The summed E-state index contributed by atoms with van der Waals surface area (Å²) in [6.45, 7) is 9.26. The molecule has 0 fully saturated rings. The van der Waals surface area contributed by atoms with Crippen molar-refractivity contribution in [2.24, 2.45) is 0 Å². The third-order valence-corrected chi connectivity index (χ3v) is 2.98. The highest BCUT2D eigenvalue weighted by Crippen LogP contribution is 2.15. The zero-order chi connectivity index (χ0) is 12.9. The Morgan fingerprint density at radius 2 is 2.12 bits per heavy atom. The van der Waals surface area contributed by atoms with Gasteiger partial charge in [-0.15, -0.1) is 0 Å². The van der Waals surface area contributed by atoms with Crippen LogP contribution in [-0.4, -0.2) is 23.7 Å². The van der Waals surface area contributed by atoms with Crippen LogP contribution in [-0.2, 0) is 11.3 Å². The van der Waals surface area contributed by atoms with Gasteiger partial charge >= 0.3 is 0 Å². The van der Waals surface area contributed by atoms with E-state index in [0.717, 1.165) is 18.7 Å². The molecule has 1 rings (SSSR count). The van der Waals surface area contributed by atoms with Gasteiger partial charge in [-0.05, 0) is 45.7 Å². The van der Waals surface area contributed by atoms with Gasteiger partial charge in [0.15, 0.2) is 0 Å². The number of aryl methyl sites for hydroxylation is 1. The van der Waals surface area contributed by atoms with E-state index in [-0.39, 0.29) is 5.60 Å². The third-order valence-electron chi connectivity index (χ3n) is 2.98. The zero-order valence-electron chi connectivity index (χ0n) is 11.6. The first-order chi connectivity index (χ1) is 7.93. The van der Waals surface area contributed by atoms with Gasteiger partial charge in [-0.25, -0.2) is 0 Å². The number of pyridine rings is 1. The normalized spacial score (nSPS) is 13.7. The number of hydrogen-bond acceptors (Lipinski definition) is 3. The Bertz CT molecular complexity index is 333. The van der Waals surface area contributed by atoms with Crippen molar-refractivity contribution in [1.82, 2.24) is 10.3 Å². The first kappa shape index (κ1) is 14.1. The topological polar surface area (TPSA) is 34.1 Å². The molecule has 0 bridgehead atoms. The molecule has 1 unspecified atom stereocenters. The summed E-state index contributed by atoms with van der Waals surface area (Å²) >= 11 is 0. The Kier molecular flexibility index (Phi) is 5.09. The molecule has 1 N–H and O–H groups in total. The van der Waals surface area contributed by atoms with E-state index >= 15 is 0 Å². The molecule has 0 amide bonds. The largest absolute Gasteiger partial charge is 0.379 e. The fourth-order valence-corrected chi connectivity index (χ4v) is 1.79. The quantitative estimate of drug-likeness (QED) is 0.824. The molecule has 0 aliphatic carbocycles. The Balaban J connectivity index is 2.38. The maximum Gasteiger partial charge on any atom is 0.0637 e. The Morgan fingerprint density at radius 1 is 1.41 bits per heavy atom. The SMILES string of the molecule is COC(C)(C)CC(C)NCc1ccc(C)nc1. The summed E-state index contributed by atoms with van der Waals surface area (Å²) in [5.41, 5.74) is 2.21. The number of nitrogens with one attached hydrogen (secondary N) is 1. The highest BCUT2D eigenvalue weighted by atomic mass is 16.5. The summed E-state index contributed by atoms with van der Waals surface area (Å²) < 4.78 is 5.42. The first-order valence-corrected chi connectivity index (χ1v) is 6.13. The van der Waals surface area contributed by atoms with E-state index < -0.39 is 0 Å². The molecular weight excluding hydrogens is 212 g/mol. The minimum atomic E-state index is -0.0715. The zero-order valence-corrected chi connectivity index (χ0v) is 11.6. The molecule has 0 saturated heterocycles. The molecule has 1 atom stereocenters. The standard InChI is InChI=1S/C14H24N2O/c1-11-6-7-13(9-15-11)10-16-12(2)8-14(3,4)17-5/h6-7,9,12,16H,8,10H2,1-5H3. The van der Waals surface area contributed by atoms with Crippen LogP contribution in [0.5, 0.6) is 0 Å². The molecule has 1 aromatic rings. The van der Waals surface area contributed by atoms with Gasteiger partial charge in [-0.1, -0.05) is 6.07 Å². The maximum absolute atomic E-state index is 5.42. The lowest BCUT2D eigenvalue weighted by molar-refractivity contribution is 0.00844. The van der Waals surface area contributed by atoms with Crippen LogP contribution >= 0.6 is 0 Å². The maximum atomic E-state index is 5.42. The van der Waals surface area contributed by atoms with Gasteiger partial charge in [0.05, 0.1) is 5.60 Å². The van der Waals surface area contributed by atoms with E-state index in [1.54, 1.807) is 7.11 Å². The van der Waals surface area contributed by atoms with Gasteiger partial charge < -0.3 is 10.1 Å². The molecule has 0 spiro atoms. The van der Waals surface area contributed by atoms with Gasteiger partial charge in [0.2, 0.25) is 0 Å². The van der Waals surface area contributed by atoms with Crippen molar-refractivity contribution in [1.29, 1.82) is 0 Å². The van der Waals surface area contributed by atoms with Gasteiger partial charge in [-0.3, -0.25) is 4.98 Å². The molecule has 0 aliphatic rings. The van der Waals surface area contributed by atoms with Crippen molar-refractivity contribution in [3.05, 3.63) is 29.6 Å². The van der Waals surface area contributed by atoms with Crippen molar-refractivity contribution in [2.75, 3.05) is 7.11 Å². The highest BCUT2D eigenvalue weighted by molar-refractivity contribution is 5.12. The molecule has 1 aromatic heterocycles. The Hall–Kier alpha value is -0.930. The van der Waals surface area contributed by atoms with Crippen LogP contribution in [0.2, 0.25) is 0 Å². The molecule has 0 aliphatic heterocycles. The fraction of sp³-hybridized carbons (Fsp3) is 0.643. The van der Waals surface area contributed by atoms with Gasteiger partial charge in [0.1, 0.15) is 0 Å². The molecule has 0 aromatic carbocycles. The average Bonchev–Trinajstić information content (AvgIpc) is 2.28. The second kappa shape index (κ2) is 6.12. The lowest BCUT2D eigenvalue weighted by Crippen LogP contribution is -2.35. The van der Waals surface area contributed by atoms with Gasteiger partial charge in [0.25, 0.3) is 0 Å². The predicted octanol–water partition coefficient (Wildman–Crippen LogP) is 2.68. The number of aromatic nitrogens is 1. The third kappa shape index (κ3) is 5.29. The van der Waals surface area contributed by atoms with E-state index in [4.69, 9.17) is 4.74 Å².